The Morgan fingerprint density at radius 3 is 2.94 bits per heavy atom. The first kappa shape index (κ1) is 14.2. The van der Waals surface area contributed by atoms with Crippen molar-refractivity contribution in [3.8, 4) is 0 Å². The van der Waals surface area contributed by atoms with E-state index in [1.165, 1.54) is 0 Å². The number of hydrogen-bond donors (Lipinski definition) is 1. The first-order valence-corrected chi connectivity index (χ1v) is 7.66. The fourth-order valence-corrected chi connectivity index (χ4v) is 3.19. The molecule has 0 radical (unpaired) electrons. The number of hydrogen-bond acceptors (Lipinski definition) is 2. The third-order valence-corrected chi connectivity index (χ3v) is 4.52. The van der Waals surface area contributed by atoms with Crippen LogP contribution in [-0.2, 0) is 0 Å². The molecule has 0 aliphatic carbocycles. The summed E-state index contributed by atoms with van der Waals surface area (Å²) in [5.41, 5.74) is 1.32. The highest BCUT2D eigenvalue weighted by Crippen LogP contribution is 2.31. The van der Waals surface area contributed by atoms with Gasteiger partial charge in [-0.15, -0.1) is 0 Å². The van der Waals surface area contributed by atoms with E-state index in [9.17, 15) is 0 Å². The second kappa shape index (κ2) is 5.81. The van der Waals surface area contributed by atoms with Crippen LogP contribution >= 0.6 is 27.5 Å². The predicted molar refractivity (Wildman–Crippen MR) is 82.7 cm³/mol. The van der Waals surface area contributed by atoms with Gasteiger partial charge in [-0.05, 0) is 44.5 Å². The summed E-state index contributed by atoms with van der Waals surface area (Å²) in [6.07, 6.45) is 2.28. The summed E-state index contributed by atoms with van der Waals surface area (Å²) >= 11 is 9.82. The Labute approximate surface area is 123 Å². The van der Waals surface area contributed by atoms with Gasteiger partial charge in [0.15, 0.2) is 0 Å². The Morgan fingerprint density at radius 2 is 2.28 bits per heavy atom. The molecular formula is C14H20BrClN2. The first-order valence-electron chi connectivity index (χ1n) is 6.49. The molecule has 1 aromatic rings. The van der Waals surface area contributed by atoms with E-state index < -0.39 is 0 Å². The largest absolute Gasteiger partial charge is 0.368 e. The van der Waals surface area contributed by atoms with Crippen LogP contribution in [0.1, 0.15) is 26.7 Å². The average molecular weight is 332 g/mol. The zero-order valence-electron chi connectivity index (χ0n) is 11.0. The van der Waals surface area contributed by atoms with E-state index in [1.807, 2.05) is 6.07 Å². The van der Waals surface area contributed by atoms with Crippen molar-refractivity contribution in [2.24, 2.45) is 0 Å². The highest BCUT2D eigenvalue weighted by Gasteiger charge is 2.27. The van der Waals surface area contributed by atoms with Crippen LogP contribution in [0.3, 0.4) is 0 Å². The Bertz CT molecular complexity index is 424. The number of anilines is 1. The van der Waals surface area contributed by atoms with Crippen LogP contribution in [0.5, 0.6) is 0 Å². The summed E-state index contributed by atoms with van der Waals surface area (Å²) in [5, 5.41) is 4.47. The first-order chi connectivity index (χ1) is 8.54. The molecule has 1 saturated heterocycles. The zero-order valence-corrected chi connectivity index (χ0v) is 13.3. The molecule has 0 saturated carbocycles. The molecule has 2 rings (SSSR count). The highest BCUT2D eigenvalue weighted by atomic mass is 79.9. The molecule has 1 aliphatic heterocycles. The summed E-state index contributed by atoms with van der Waals surface area (Å²) in [6, 6.07) is 6.13. The van der Waals surface area contributed by atoms with Gasteiger partial charge >= 0.3 is 0 Å². The molecule has 0 amide bonds. The van der Waals surface area contributed by atoms with E-state index in [0.29, 0.717) is 0 Å². The van der Waals surface area contributed by atoms with E-state index in [-0.39, 0.29) is 5.54 Å². The lowest BCUT2D eigenvalue weighted by molar-refractivity contribution is 0.366. The van der Waals surface area contributed by atoms with Gasteiger partial charge in [0.05, 0.1) is 10.7 Å². The number of nitrogens with zero attached hydrogens (tertiary/aromatic N) is 1. The molecule has 2 nitrogen and oxygen atoms in total. The number of halogens is 2. The molecule has 1 heterocycles. The fraction of sp³-hybridized carbons (Fsp3) is 0.571. The second-order valence-corrected chi connectivity index (χ2v) is 6.53. The van der Waals surface area contributed by atoms with Gasteiger partial charge in [0.1, 0.15) is 0 Å². The smallest absolute Gasteiger partial charge is 0.0650 e. The summed E-state index contributed by atoms with van der Waals surface area (Å²) in [4.78, 5) is 2.40. The minimum Gasteiger partial charge on any atom is -0.368 e. The Balaban J connectivity index is 2.25. The van der Waals surface area contributed by atoms with E-state index >= 15 is 0 Å². The monoisotopic (exact) mass is 330 g/mol. The number of benzene rings is 1. The van der Waals surface area contributed by atoms with Gasteiger partial charge in [0.25, 0.3) is 0 Å². The molecule has 100 valence electrons. The maximum Gasteiger partial charge on any atom is 0.0650 e. The van der Waals surface area contributed by atoms with Crippen LogP contribution < -0.4 is 10.2 Å². The van der Waals surface area contributed by atoms with Crippen LogP contribution in [0.15, 0.2) is 22.7 Å². The van der Waals surface area contributed by atoms with Crippen molar-refractivity contribution in [1.82, 2.24) is 5.32 Å². The van der Waals surface area contributed by atoms with Crippen molar-refractivity contribution >= 4 is 33.2 Å². The van der Waals surface area contributed by atoms with E-state index in [4.69, 9.17) is 11.6 Å². The second-order valence-electron chi connectivity index (χ2n) is 5.21. The Morgan fingerprint density at radius 1 is 1.50 bits per heavy atom. The topological polar surface area (TPSA) is 15.3 Å². The van der Waals surface area contributed by atoms with Gasteiger partial charge < -0.3 is 10.2 Å². The van der Waals surface area contributed by atoms with Gasteiger partial charge in [-0.2, -0.15) is 0 Å². The molecule has 0 bridgehead atoms. The standard InChI is InChI=1S/C14H20BrClN2/c1-3-14(2)10-18(8-4-7-17-14)13-6-5-11(15)9-12(13)16/h5-6,9,17H,3-4,7-8,10H2,1-2H3. The van der Waals surface area contributed by atoms with E-state index in [1.54, 1.807) is 0 Å². The van der Waals surface area contributed by atoms with Crippen molar-refractivity contribution < 1.29 is 0 Å². The van der Waals surface area contributed by atoms with E-state index in [0.717, 1.165) is 47.7 Å². The van der Waals surface area contributed by atoms with Crippen LogP contribution in [0.2, 0.25) is 5.02 Å². The SMILES string of the molecule is CCC1(C)CN(c2ccc(Br)cc2Cl)CCCN1. The number of rotatable bonds is 2. The molecule has 0 spiro atoms. The van der Waals surface area contributed by atoms with E-state index in [2.05, 4.69) is 52.1 Å². The molecule has 4 heteroatoms. The molecule has 1 aliphatic rings. The van der Waals surface area contributed by atoms with Gasteiger partial charge in [0.2, 0.25) is 0 Å². The normalized spacial score (nSPS) is 25.0. The van der Waals surface area contributed by atoms with Gasteiger partial charge in [-0.1, -0.05) is 34.5 Å². The molecule has 18 heavy (non-hydrogen) atoms. The minimum absolute atomic E-state index is 0.174. The lowest BCUT2D eigenvalue weighted by Crippen LogP contribution is -2.48. The Kier molecular flexibility index (Phi) is 4.57. The van der Waals surface area contributed by atoms with Crippen molar-refractivity contribution in [2.45, 2.75) is 32.2 Å². The quantitative estimate of drug-likeness (QED) is 0.879. The maximum absolute atomic E-state index is 6.36. The highest BCUT2D eigenvalue weighted by molar-refractivity contribution is 9.10. The van der Waals surface area contributed by atoms with Gasteiger partial charge in [-0.3, -0.25) is 0 Å². The lowest BCUT2D eigenvalue weighted by Gasteiger charge is -2.34. The van der Waals surface area contributed by atoms with Gasteiger partial charge in [-0.25, -0.2) is 0 Å². The van der Waals surface area contributed by atoms with Crippen molar-refractivity contribution in [2.75, 3.05) is 24.5 Å². The summed E-state index contributed by atoms with van der Waals surface area (Å²) in [5.74, 6) is 0. The molecular weight excluding hydrogens is 312 g/mol. The van der Waals surface area contributed by atoms with Crippen molar-refractivity contribution in [3.63, 3.8) is 0 Å². The van der Waals surface area contributed by atoms with Crippen molar-refractivity contribution in [1.29, 1.82) is 0 Å². The van der Waals surface area contributed by atoms with Crippen LogP contribution in [0.4, 0.5) is 5.69 Å². The van der Waals surface area contributed by atoms with Crippen molar-refractivity contribution in [3.05, 3.63) is 27.7 Å². The Hall–Kier alpha value is -0.250. The maximum atomic E-state index is 6.36. The summed E-state index contributed by atoms with van der Waals surface area (Å²) < 4.78 is 1.03. The average Bonchev–Trinajstić information content (AvgIpc) is 2.52. The molecule has 1 atom stereocenters. The predicted octanol–water partition coefficient (Wildman–Crippen LogP) is 4.07. The third-order valence-electron chi connectivity index (χ3n) is 3.73. The van der Waals surface area contributed by atoms with Crippen LogP contribution in [0, 0.1) is 0 Å². The fourth-order valence-electron chi connectivity index (χ4n) is 2.40. The lowest BCUT2D eigenvalue weighted by atomic mass is 9.98. The molecule has 1 unspecified atom stereocenters. The molecule has 0 aromatic heterocycles. The summed E-state index contributed by atoms with van der Waals surface area (Å²) in [6.45, 7) is 7.67. The minimum atomic E-state index is 0.174. The zero-order chi connectivity index (χ0) is 13.2. The molecule has 1 fully saturated rings. The molecule has 1 aromatic carbocycles. The van der Waals surface area contributed by atoms with Crippen LogP contribution in [-0.4, -0.2) is 25.2 Å². The summed E-state index contributed by atoms with van der Waals surface area (Å²) in [7, 11) is 0. The number of nitrogens with one attached hydrogen (secondary N) is 1. The third kappa shape index (κ3) is 3.19. The molecule has 1 N–H and O–H groups in total. The van der Waals surface area contributed by atoms with Crippen LogP contribution in [0.25, 0.3) is 0 Å². The van der Waals surface area contributed by atoms with Gasteiger partial charge in [0, 0.05) is 23.1 Å².